The number of aliphatic hydroxyl groups is 1. The Hall–Kier alpha value is -3.55. The predicted molar refractivity (Wildman–Crippen MR) is 123 cm³/mol. The zero-order valence-corrected chi connectivity index (χ0v) is 19.4. The maximum atomic E-state index is 12.7. The molecule has 1 atom stereocenters. The fourth-order valence-electron chi connectivity index (χ4n) is 4.50. The number of aromatic nitrogens is 1. The highest BCUT2D eigenvalue weighted by molar-refractivity contribution is 5.94. The van der Waals surface area contributed by atoms with Gasteiger partial charge in [0.15, 0.2) is 0 Å². The molecule has 1 unspecified atom stereocenters. The molecule has 2 N–H and O–H groups in total. The van der Waals surface area contributed by atoms with Crippen molar-refractivity contribution in [3.05, 3.63) is 57.9 Å². The molecule has 1 aromatic carbocycles. The van der Waals surface area contributed by atoms with Crippen molar-refractivity contribution in [2.75, 3.05) is 32.9 Å². The largest absolute Gasteiger partial charge is 0.489 e. The summed E-state index contributed by atoms with van der Waals surface area (Å²) in [7, 11) is 0. The SMILES string of the molecule is Cc1c(C(O)CN2CCC(NC(=O)c3cc(OCCF)c(C#N)cn3)CC2)ccc2c1COC2=O. The van der Waals surface area contributed by atoms with Crippen LogP contribution in [0.5, 0.6) is 5.75 Å². The van der Waals surface area contributed by atoms with Gasteiger partial charge < -0.3 is 24.8 Å². The van der Waals surface area contributed by atoms with E-state index in [2.05, 4.69) is 15.2 Å². The fourth-order valence-corrected chi connectivity index (χ4v) is 4.50. The van der Waals surface area contributed by atoms with Crippen LogP contribution in [0.25, 0.3) is 0 Å². The molecule has 4 rings (SSSR count). The number of nitrogens with one attached hydrogen (secondary N) is 1. The molecule has 9 nitrogen and oxygen atoms in total. The smallest absolute Gasteiger partial charge is 0.338 e. The molecule has 184 valence electrons. The average Bonchev–Trinajstić information content (AvgIpc) is 3.25. The van der Waals surface area contributed by atoms with Crippen LogP contribution in [-0.2, 0) is 11.3 Å². The van der Waals surface area contributed by atoms with Gasteiger partial charge in [0, 0.05) is 43.5 Å². The van der Waals surface area contributed by atoms with Crippen LogP contribution < -0.4 is 10.1 Å². The minimum atomic E-state index is -0.706. The first-order valence-electron chi connectivity index (χ1n) is 11.5. The Morgan fingerprint density at radius 3 is 2.91 bits per heavy atom. The third-order valence-electron chi connectivity index (χ3n) is 6.47. The van der Waals surface area contributed by atoms with E-state index in [0.717, 1.165) is 16.7 Å². The van der Waals surface area contributed by atoms with Gasteiger partial charge in [-0.05, 0) is 37.0 Å². The number of piperidine rings is 1. The first kappa shape index (κ1) is 24.6. The standard InChI is InChI=1S/C25H27FN4O5/c1-15-18(2-3-19-20(15)14-35-25(19)33)22(31)13-30-7-4-17(5-8-30)29-24(32)21-10-23(34-9-6-26)16(11-27)12-28-21/h2-3,10,12,17,22,31H,4-9,13-14H2,1H3,(H,29,32). The second kappa shape index (κ2) is 10.8. The summed E-state index contributed by atoms with van der Waals surface area (Å²) in [6.07, 6.45) is 1.94. The maximum absolute atomic E-state index is 12.7. The molecule has 0 bridgehead atoms. The number of hydrogen-bond donors (Lipinski definition) is 2. The van der Waals surface area contributed by atoms with E-state index in [9.17, 15) is 19.1 Å². The number of cyclic esters (lactones) is 1. The number of hydrogen-bond acceptors (Lipinski definition) is 8. The number of likely N-dealkylation sites (tertiary alicyclic amines) is 1. The van der Waals surface area contributed by atoms with Crippen LogP contribution in [-0.4, -0.2) is 65.8 Å². The Bertz CT molecular complexity index is 1160. The molecule has 1 aromatic heterocycles. The molecule has 2 aliphatic rings. The molecule has 0 spiro atoms. The van der Waals surface area contributed by atoms with Crippen LogP contribution in [0.1, 0.15) is 62.0 Å². The van der Waals surface area contributed by atoms with Crippen molar-refractivity contribution in [3.8, 4) is 11.8 Å². The average molecular weight is 483 g/mol. The third kappa shape index (κ3) is 5.42. The van der Waals surface area contributed by atoms with Gasteiger partial charge in [-0.15, -0.1) is 0 Å². The van der Waals surface area contributed by atoms with Gasteiger partial charge in [0.05, 0.1) is 11.7 Å². The number of ether oxygens (including phenoxy) is 2. The monoisotopic (exact) mass is 482 g/mol. The second-order valence-corrected chi connectivity index (χ2v) is 8.66. The van der Waals surface area contributed by atoms with Crippen LogP contribution in [0, 0.1) is 18.3 Å². The van der Waals surface area contributed by atoms with E-state index in [1.165, 1.54) is 12.3 Å². The van der Waals surface area contributed by atoms with E-state index in [4.69, 9.17) is 14.7 Å². The molecule has 0 saturated carbocycles. The number of aliphatic hydroxyl groups excluding tert-OH is 1. The molecular formula is C25H27FN4O5. The number of rotatable bonds is 8. The number of nitrogens with zero attached hydrogens (tertiary/aromatic N) is 3. The number of fused-ring (bicyclic) bond motifs is 1. The third-order valence-corrected chi connectivity index (χ3v) is 6.47. The molecular weight excluding hydrogens is 455 g/mol. The van der Waals surface area contributed by atoms with Crippen molar-refractivity contribution >= 4 is 11.9 Å². The lowest BCUT2D eigenvalue weighted by atomic mass is 9.94. The van der Waals surface area contributed by atoms with Gasteiger partial charge in [-0.3, -0.25) is 4.79 Å². The number of benzene rings is 1. The van der Waals surface area contributed by atoms with E-state index in [-0.39, 0.29) is 48.1 Å². The number of carbonyl (C=O) groups excluding carboxylic acids is 2. The molecule has 35 heavy (non-hydrogen) atoms. The van der Waals surface area contributed by atoms with E-state index in [1.54, 1.807) is 12.1 Å². The van der Waals surface area contributed by atoms with Gasteiger partial charge in [0.25, 0.3) is 5.91 Å². The minimum absolute atomic E-state index is 0.0616. The van der Waals surface area contributed by atoms with Crippen molar-refractivity contribution in [1.82, 2.24) is 15.2 Å². The van der Waals surface area contributed by atoms with Crippen LogP contribution in [0.3, 0.4) is 0 Å². The number of β-amino-alcohol motifs (C(OH)–C–C–N with tert-alkyl or cyclic N) is 1. The van der Waals surface area contributed by atoms with Gasteiger partial charge in [-0.1, -0.05) is 6.07 Å². The summed E-state index contributed by atoms with van der Waals surface area (Å²) in [5.41, 5.74) is 3.31. The number of esters is 1. The van der Waals surface area contributed by atoms with Gasteiger partial charge in [-0.25, -0.2) is 14.2 Å². The lowest BCUT2D eigenvalue weighted by Crippen LogP contribution is -2.45. The zero-order chi connectivity index (χ0) is 24.9. The first-order chi connectivity index (χ1) is 16.9. The van der Waals surface area contributed by atoms with Crippen molar-refractivity contribution in [1.29, 1.82) is 5.26 Å². The Kier molecular flexibility index (Phi) is 7.58. The van der Waals surface area contributed by atoms with Gasteiger partial charge >= 0.3 is 5.97 Å². The zero-order valence-electron chi connectivity index (χ0n) is 19.4. The Morgan fingerprint density at radius 1 is 1.43 bits per heavy atom. The van der Waals surface area contributed by atoms with Crippen LogP contribution >= 0.6 is 0 Å². The summed E-state index contributed by atoms with van der Waals surface area (Å²) in [6, 6.07) is 6.70. The summed E-state index contributed by atoms with van der Waals surface area (Å²) in [4.78, 5) is 30.6. The molecule has 2 aromatic rings. The quantitative estimate of drug-likeness (QED) is 0.549. The van der Waals surface area contributed by atoms with Gasteiger partial charge in [0.1, 0.15) is 43.0 Å². The lowest BCUT2D eigenvalue weighted by molar-refractivity contribution is 0.0534. The summed E-state index contributed by atoms with van der Waals surface area (Å²) in [5, 5.41) is 22.9. The Balaban J connectivity index is 1.30. The topological polar surface area (TPSA) is 125 Å². The summed E-state index contributed by atoms with van der Waals surface area (Å²) in [5.74, 6) is -0.580. The van der Waals surface area contributed by atoms with Crippen molar-refractivity contribution < 1.29 is 28.6 Å². The number of pyridine rings is 1. The number of nitriles is 1. The van der Waals surface area contributed by atoms with Crippen molar-refractivity contribution in [2.45, 2.75) is 38.5 Å². The first-order valence-corrected chi connectivity index (χ1v) is 11.5. The van der Waals surface area contributed by atoms with Gasteiger partial charge in [0.2, 0.25) is 0 Å². The molecule has 2 aliphatic heterocycles. The maximum Gasteiger partial charge on any atom is 0.338 e. The van der Waals surface area contributed by atoms with E-state index >= 15 is 0 Å². The van der Waals surface area contributed by atoms with Crippen molar-refractivity contribution in [2.24, 2.45) is 0 Å². The number of carbonyl (C=O) groups is 2. The van der Waals surface area contributed by atoms with Crippen LogP contribution in [0.4, 0.5) is 4.39 Å². The Labute approximate surface area is 202 Å². The summed E-state index contributed by atoms with van der Waals surface area (Å²) < 4.78 is 22.7. The lowest BCUT2D eigenvalue weighted by Gasteiger charge is -2.33. The molecule has 1 saturated heterocycles. The highest BCUT2D eigenvalue weighted by Crippen LogP contribution is 2.30. The predicted octanol–water partition coefficient (Wildman–Crippen LogP) is 2.21. The molecule has 10 heteroatoms. The van der Waals surface area contributed by atoms with E-state index < -0.39 is 12.8 Å². The van der Waals surface area contributed by atoms with E-state index in [1.807, 2.05) is 13.0 Å². The molecule has 0 aliphatic carbocycles. The number of halogens is 1. The minimum Gasteiger partial charge on any atom is -0.489 e. The molecule has 1 fully saturated rings. The number of alkyl halides is 1. The second-order valence-electron chi connectivity index (χ2n) is 8.66. The molecule has 3 heterocycles. The molecule has 0 radical (unpaired) electrons. The van der Waals surface area contributed by atoms with E-state index in [0.29, 0.717) is 38.0 Å². The number of amides is 1. The summed E-state index contributed by atoms with van der Waals surface area (Å²) in [6.45, 7) is 3.05. The highest BCUT2D eigenvalue weighted by atomic mass is 19.1. The molecule has 1 amide bonds. The van der Waals surface area contributed by atoms with Crippen molar-refractivity contribution in [3.63, 3.8) is 0 Å². The summed E-state index contributed by atoms with van der Waals surface area (Å²) >= 11 is 0. The van der Waals surface area contributed by atoms with Crippen LogP contribution in [0.2, 0.25) is 0 Å². The Morgan fingerprint density at radius 2 is 2.20 bits per heavy atom. The van der Waals surface area contributed by atoms with Gasteiger partial charge in [-0.2, -0.15) is 5.26 Å². The normalized spacial score (nSPS) is 16.8. The van der Waals surface area contributed by atoms with Crippen LogP contribution in [0.15, 0.2) is 24.4 Å². The fraction of sp³-hybridized carbons (Fsp3) is 0.440. The highest BCUT2D eigenvalue weighted by Gasteiger charge is 2.28.